The molecule has 3 aliphatic carbocycles. The molecule has 4 heterocycles. The maximum Gasteiger partial charge on any atom is 0.407 e. The molecule has 4 fully saturated rings. The van der Waals surface area contributed by atoms with Gasteiger partial charge in [0.05, 0.1) is 49.6 Å². The molecule has 10 rings (SSSR count). The van der Waals surface area contributed by atoms with Crippen LogP contribution in [0.1, 0.15) is 80.9 Å². The number of nitrogens with one attached hydrogen (secondary N) is 3. The minimum Gasteiger partial charge on any atom is -0.453 e. The van der Waals surface area contributed by atoms with Gasteiger partial charge >= 0.3 is 12.2 Å². The molecule has 2 saturated carbocycles. The summed E-state index contributed by atoms with van der Waals surface area (Å²) in [6.07, 6.45) is 6.57. The number of sulfone groups is 1. The van der Waals surface area contributed by atoms with Crippen LogP contribution in [0.2, 0.25) is 0 Å². The number of amides is 4. The second-order valence-electron chi connectivity index (χ2n) is 19.6. The van der Waals surface area contributed by atoms with Crippen molar-refractivity contribution in [1.82, 2.24) is 30.4 Å². The maximum absolute atomic E-state index is 16.7. The van der Waals surface area contributed by atoms with E-state index in [0.717, 1.165) is 68.0 Å². The van der Waals surface area contributed by atoms with Crippen LogP contribution in [0.25, 0.3) is 33.5 Å². The zero-order valence-electron chi connectivity index (χ0n) is 37.9. The van der Waals surface area contributed by atoms with Gasteiger partial charge < -0.3 is 34.9 Å². The summed E-state index contributed by atoms with van der Waals surface area (Å²) in [6.45, 7) is 4.27. The Morgan fingerprint density at radius 1 is 0.896 bits per heavy atom. The first-order valence-electron chi connectivity index (χ1n) is 22.8. The van der Waals surface area contributed by atoms with Crippen LogP contribution in [0.4, 0.5) is 24.1 Å². The SMILES string of the molecule is COC(=O)N[C@@H](CS(C)(=O)=O)C(=O)N1[C@@H]2CC[C@@H](C2)[C@H]1C1=Nc2ccc(-c3ccc4c(c3)C(F)(F)c3cc(-c5cnc([C@@H]6CC7(CC7)CN6C(=O)[C@@H](NC(=O)OC)C(C)C)[nH]5)ccc3-4)cc2C1. The number of rotatable bonds is 11. The average molecular weight is 938 g/mol. The second-order valence-corrected chi connectivity index (χ2v) is 21.8. The van der Waals surface area contributed by atoms with Crippen molar-refractivity contribution in [3.8, 4) is 33.5 Å². The van der Waals surface area contributed by atoms with Gasteiger partial charge in [-0.3, -0.25) is 14.6 Å². The van der Waals surface area contributed by atoms with E-state index in [1.54, 1.807) is 40.3 Å². The minimum atomic E-state index is -3.65. The van der Waals surface area contributed by atoms with Crippen molar-refractivity contribution in [2.45, 2.75) is 94.9 Å². The van der Waals surface area contributed by atoms with E-state index in [2.05, 4.69) is 20.6 Å². The summed E-state index contributed by atoms with van der Waals surface area (Å²) >= 11 is 0. The zero-order valence-corrected chi connectivity index (χ0v) is 38.7. The van der Waals surface area contributed by atoms with Gasteiger partial charge in [-0.05, 0) is 108 Å². The van der Waals surface area contributed by atoms with E-state index >= 15 is 8.78 Å². The Labute approximate surface area is 387 Å². The van der Waals surface area contributed by atoms with Gasteiger partial charge in [0.2, 0.25) is 11.8 Å². The van der Waals surface area contributed by atoms with E-state index < -0.39 is 51.7 Å². The molecule has 6 atom stereocenters. The van der Waals surface area contributed by atoms with Crippen LogP contribution in [-0.2, 0) is 41.2 Å². The Morgan fingerprint density at radius 2 is 1.55 bits per heavy atom. The van der Waals surface area contributed by atoms with Crippen molar-refractivity contribution in [2.75, 3.05) is 32.8 Å². The van der Waals surface area contributed by atoms with Crippen molar-refractivity contribution in [3.63, 3.8) is 0 Å². The number of ether oxygens (including phenoxy) is 2. The predicted molar refractivity (Wildman–Crippen MR) is 244 cm³/mol. The molecular weight excluding hydrogens is 885 g/mol. The third-order valence-electron chi connectivity index (χ3n) is 14.8. The van der Waals surface area contributed by atoms with Crippen molar-refractivity contribution >= 4 is 45.2 Å². The number of alkyl halides is 2. The van der Waals surface area contributed by atoms with E-state index in [1.165, 1.54) is 13.2 Å². The maximum atomic E-state index is 16.7. The number of alkyl carbamates (subject to hydrolysis) is 2. The summed E-state index contributed by atoms with van der Waals surface area (Å²) in [4.78, 5) is 68.9. The lowest BCUT2D eigenvalue weighted by atomic mass is 9.91. The molecule has 2 bridgehead atoms. The molecule has 1 spiro atoms. The summed E-state index contributed by atoms with van der Waals surface area (Å²) in [5.74, 6) is -4.10. The highest BCUT2D eigenvalue weighted by molar-refractivity contribution is 7.90. The minimum absolute atomic E-state index is 0.00310. The van der Waals surface area contributed by atoms with Gasteiger partial charge in [0.15, 0.2) is 0 Å². The molecule has 4 aromatic rings. The quantitative estimate of drug-likeness (QED) is 0.141. The number of aromatic amines is 1. The van der Waals surface area contributed by atoms with Crippen molar-refractivity contribution in [2.24, 2.45) is 22.2 Å². The number of H-pyrrole nitrogens is 1. The van der Waals surface area contributed by atoms with Crippen molar-refractivity contribution < 1.29 is 45.9 Å². The van der Waals surface area contributed by atoms with Gasteiger partial charge in [0.25, 0.3) is 5.92 Å². The number of benzene rings is 3. The number of hydrogen-bond donors (Lipinski definition) is 3. The van der Waals surface area contributed by atoms with Crippen molar-refractivity contribution in [1.29, 1.82) is 0 Å². The molecule has 352 valence electrons. The number of hydrogen-bond acceptors (Lipinski definition) is 10. The molecule has 0 unspecified atom stereocenters. The van der Waals surface area contributed by atoms with E-state index in [9.17, 15) is 27.6 Å². The topological polar surface area (TPSA) is 192 Å². The largest absolute Gasteiger partial charge is 0.453 e. The highest BCUT2D eigenvalue weighted by Crippen LogP contribution is 2.59. The molecule has 15 nitrogen and oxygen atoms in total. The summed E-state index contributed by atoms with van der Waals surface area (Å²) in [6, 6.07) is 12.8. The van der Waals surface area contributed by atoms with E-state index in [-0.39, 0.29) is 52.4 Å². The molecule has 6 aliphatic rings. The summed E-state index contributed by atoms with van der Waals surface area (Å²) in [5, 5.41) is 5.12. The lowest BCUT2D eigenvalue weighted by Crippen LogP contribution is -2.58. The molecule has 18 heteroatoms. The number of fused-ring (bicyclic) bond motifs is 6. The van der Waals surface area contributed by atoms with Crippen LogP contribution in [0.5, 0.6) is 0 Å². The van der Waals surface area contributed by atoms with Gasteiger partial charge in [-0.2, -0.15) is 8.78 Å². The number of carbonyl (C=O) groups is 4. The van der Waals surface area contributed by atoms with Gasteiger partial charge in [0, 0.05) is 47.7 Å². The number of carbonyl (C=O) groups excluding carboxylic acids is 4. The number of aromatic nitrogens is 2. The van der Waals surface area contributed by atoms with Gasteiger partial charge in [0.1, 0.15) is 27.7 Å². The monoisotopic (exact) mass is 937 g/mol. The third kappa shape index (κ3) is 7.93. The molecule has 1 aromatic heterocycles. The zero-order chi connectivity index (χ0) is 47.3. The Morgan fingerprint density at radius 3 is 2.22 bits per heavy atom. The molecule has 2 saturated heterocycles. The smallest absolute Gasteiger partial charge is 0.407 e. The van der Waals surface area contributed by atoms with E-state index in [4.69, 9.17) is 14.5 Å². The van der Waals surface area contributed by atoms with Gasteiger partial charge in [-0.1, -0.05) is 44.2 Å². The molecule has 4 amide bonds. The number of aliphatic imine (C=N–C) groups is 1. The normalized spacial score (nSPS) is 23.4. The first-order valence-corrected chi connectivity index (χ1v) is 24.9. The van der Waals surface area contributed by atoms with E-state index in [0.29, 0.717) is 53.2 Å². The molecule has 3 aliphatic heterocycles. The molecule has 0 radical (unpaired) electrons. The first-order chi connectivity index (χ1) is 31.9. The summed E-state index contributed by atoms with van der Waals surface area (Å²) < 4.78 is 67.6. The molecule has 3 aromatic carbocycles. The second kappa shape index (κ2) is 16.3. The fourth-order valence-corrected chi connectivity index (χ4v) is 12.2. The number of likely N-dealkylation sites (tertiary alicyclic amines) is 2. The lowest BCUT2D eigenvalue weighted by molar-refractivity contribution is -0.136. The fraction of sp³-hybridized carbons (Fsp3) is 0.469. The van der Waals surface area contributed by atoms with Crippen molar-refractivity contribution in [3.05, 3.63) is 83.3 Å². The van der Waals surface area contributed by atoms with Gasteiger partial charge in [-0.15, -0.1) is 0 Å². The van der Waals surface area contributed by atoms with Crippen LogP contribution < -0.4 is 10.6 Å². The van der Waals surface area contributed by atoms with Crippen LogP contribution in [0, 0.1) is 17.3 Å². The lowest BCUT2D eigenvalue weighted by Gasteiger charge is -2.37. The first kappa shape index (κ1) is 44.7. The predicted octanol–water partition coefficient (Wildman–Crippen LogP) is 7.08. The summed E-state index contributed by atoms with van der Waals surface area (Å²) in [5.41, 5.74) is 5.47. The van der Waals surface area contributed by atoms with Crippen LogP contribution in [-0.4, -0.2) is 115 Å². The number of methoxy groups -OCH3 is 2. The standard InChI is InChI=1S/C49H53F2N7O8S/c1-25(2)41(56-47(62)66-4)45(60)57-24-48(14-15-48)21-40(57)43-52-22-38(54-43)28-8-12-33-32-11-7-27(18-34(32)49(50,51)35(33)19-28)26-9-13-36-30(16-26)20-37(53-36)42-29-6-10-31(17-29)58(42)44(59)39(23-67(5,63)64)55-46(61)65-3/h7-9,11-13,16,18-19,22,25,29,31,39-42H,6,10,14-15,17,20-21,23-24H2,1-5H3,(H,52,54)(H,55,61)(H,56,62)/t29-,31+,39-,40-,41-,42-/m0/s1. The number of imidazole rings is 1. The van der Waals surface area contributed by atoms with E-state index in [1.807, 2.05) is 38.1 Å². The van der Waals surface area contributed by atoms with Crippen LogP contribution in [0.15, 0.2) is 65.8 Å². The molecule has 67 heavy (non-hydrogen) atoms. The molecule has 3 N–H and O–H groups in total. The Bertz CT molecular complexity index is 2880. The third-order valence-corrected chi connectivity index (χ3v) is 15.8. The highest BCUT2D eigenvalue weighted by Gasteiger charge is 2.56. The number of halogens is 2. The fourth-order valence-electron chi connectivity index (χ4n) is 11.3. The van der Waals surface area contributed by atoms with Gasteiger partial charge in [-0.25, -0.2) is 23.0 Å². The summed E-state index contributed by atoms with van der Waals surface area (Å²) in [7, 11) is -1.24. The Balaban J connectivity index is 0.869. The average Bonchev–Trinajstić information content (AvgIpc) is 3.96. The highest BCUT2D eigenvalue weighted by atomic mass is 32.2. The number of piperidine rings is 1. The van der Waals surface area contributed by atoms with Crippen LogP contribution in [0.3, 0.4) is 0 Å². The van der Waals surface area contributed by atoms with Crippen LogP contribution >= 0.6 is 0 Å². The Kier molecular flexibility index (Phi) is 10.8. The molecular formula is C49H53F2N7O8S. The Hall–Kier alpha value is -6.17. The number of nitrogens with zero attached hydrogens (tertiary/aromatic N) is 4.